The van der Waals surface area contributed by atoms with Gasteiger partial charge in [-0.25, -0.2) is 4.98 Å². The molecule has 0 spiro atoms. The predicted molar refractivity (Wildman–Crippen MR) is 104 cm³/mol. The molecule has 132 valence electrons. The molecule has 1 heterocycles. The summed E-state index contributed by atoms with van der Waals surface area (Å²) in [7, 11) is 0. The maximum Gasteiger partial charge on any atom is 0.256 e. The van der Waals surface area contributed by atoms with E-state index in [0.29, 0.717) is 23.7 Å². The van der Waals surface area contributed by atoms with Crippen LogP contribution in [-0.4, -0.2) is 30.5 Å². The van der Waals surface area contributed by atoms with E-state index in [2.05, 4.69) is 31.5 Å². The van der Waals surface area contributed by atoms with Crippen LogP contribution in [0.1, 0.15) is 17.3 Å². The summed E-state index contributed by atoms with van der Waals surface area (Å²) in [6.45, 7) is 4.18. The van der Waals surface area contributed by atoms with Gasteiger partial charge in [-0.15, -0.1) is 24.8 Å². The first kappa shape index (κ1) is 22.7. The van der Waals surface area contributed by atoms with Crippen LogP contribution in [0, 0.1) is 0 Å². The number of amides is 1. The van der Waals surface area contributed by atoms with Crippen molar-refractivity contribution in [2.45, 2.75) is 6.92 Å². The monoisotopic (exact) mass is 435 g/mol. The largest absolute Gasteiger partial charge is 0.438 e. The molecule has 5 nitrogen and oxygen atoms in total. The number of benzene rings is 1. The predicted octanol–water partition coefficient (Wildman–Crippen LogP) is 3.82. The van der Waals surface area contributed by atoms with Crippen LogP contribution in [0.4, 0.5) is 0 Å². The van der Waals surface area contributed by atoms with E-state index in [0.717, 1.165) is 17.6 Å². The smallest absolute Gasteiger partial charge is 0.256 e. The molecule has 0 aliphatic heterocycles. The Hall–Kier alpha value is -1.34. The van der Waals surface area contributed by atoms with Crippen LogP contribution in [0.2, 0.25) is 0 Å². The molecule has 24 heavy (non-hydrogen) atoms. The minimum Gasteiger partial charge on any atom is -0.438 e. The fourth-order valence-electron chi connectivity index (χ4n) is 1.82. The Morgan fingerprint density at radius 3 is 2.71 bits per heavy atom. The van der Waals surface area contributed by atoms with Crippen molar-refractivity contribution in [1.82, 2.24) is 15.6 Å². The second-order valence-electron chi connectivity index (χ2n) is 4.53. The molecule has 1 aromatic heterocycles. The van der Waals surface area contributed by atoms with Gasteiger partial charge in [0.1, 0.15) is 11.3 Å². The minimum absolute atomic E-state index is 0. The Morgan fingerprint density at radius 1 is 1.21 bits per heavy atom. The van der Waals surface area contributed by atoms with E-state index < -0.39 is 0 Å². The fraction of sp³-hybridized carbons (Fsp3) is 0.250. The number of ether oxygens (including phenoxy) is 1. The van der Waals surface area contributed by atoms with Crippen molar-refractivity contribution in [3.05, 3.63) is 52.6 Å². The fourth-order valence-corrected chi connectivity index (χ4v) is 2.20. The van der Waals surface area contributed by atoms with E-state index in [1.807, 2.05) is 31.2 Å². The summed E-state index contributed by atoms with van der Waals surface area (Å²) in [5, 5.41) is 5.99. The van der Waals surface area contributed by atoms with Gasteiger partial charge in [0.2, 0.25) is 5.88 Å². The molecule has 0 atom stereocenters. The summed E-state index contributed by atoms with van der Waals surface area (Å²) in [6, 6.07) is 10.8. The van der Waals surface area contributed by atoms with Crippen molar-refractivity contribution in [3.63, 3.8) is 0 Å². The lowest BCUT2D eigenvalue weighted by Crippen LogP contribution is -2.32. The Morgan fingerprint density at radius 2 is 2.00 bits per heavy atom. The highest BCUT2D eigenvalue weighted by Gasteiger charge is 2.13. The van der Waals surface area contributed by atoms with E-state index in [1.165, 1.54) is 0 Å². The van der Waals surface area contributed by atoms with Gasteiger partial charge in [0.15, 0.2) is 0 Å². The number of nitrogens with one attached hydrogen (secondary N) is 2. The standard InChI is InChI=1S/C16H18BrN3O2.2ClH/c1-2-18-9-10-19-15(21)14-7-4-8-20-16(14)22-13-6-3-5-12(17)11-13;;/h3-8,11,18H,2,9-10H2,1H3,(H,19,21);2*1H. The number of nitrogens with zero attached hydrogens (tertiary/aromatic N) is 1. The zero-order chi connectivity index (χ0) is 15.8. The van der Waals surface area contributed by atoms with Crippen molar-refractivity contribution in [2.24, 2.45) is 0 Å². The zero-order valence-electron chi connectivity index (χ0n) is 13.1. The van der Waals surface area contributed by atoms with Gasteiger partial charge in [-0.3, -0.25) is 4.79 Å². The molecule has 0 saturated carbocycles. The van der Waals surface area contributed by atoms with Crippen LogP contribution in [0.15, 0.2) is 47.1 Å². The Bertz CT molecular complexity index is 644. The van der Waals surface area contributed by atoms with Crippen LogP contribution in [0.3, 0.4) is 0 Å². The van der Waals surface area contributed by atoms with Gasteiger partial charge >= 0.3 is 0 Å². The van der Waals surface area contributed by atoms with Gasteiger partial charge in [0.25, 0.3) is 5.91 Å². The molecular formula is C16H20BrCl2N3O2. The second kappa shape index (κ2) is 12.1. The third-order valence-corrected chi connectivity index (χ3v) is 3.36. The molecule has 2 N–H and O–H groups in total. The van der Waals surface area contributed by atoms with Gasteiger partial charge < -0.3 is 15.4 Å². The topological polar surface area (TPSA) is 63.2 Å². The lowest BCUT2D eigenvalue weighted by Gasteiger charge is -2.10. The van der Waals surface area contributed by atoms with E-state index in [4.69, 9.17) is 4.74 Å². The number of carbonyl (C=O) groups excluding carboxylic acids is 1. The number of hydrogen-bond acceptors (Lipinski definition) is 4. The Labute approximate surface area is 162 Å². The van der Waals surface area contributed by atoms with Crippen LogP contribution in [-0.2, 0) is 0 Å². The third kappa shape index (κ3) is 7.05. The molecule has 0 fully saturated rings. The number of rotatable bonds is 7. The van der Waals surface area contributed by atoms with Gasteiger partial charge in [0.05, 0.1) is 0 Å². The highest BCUT2D eigenvalue weighted by Crippen LogP contribution is 2.25. The molecule has 0 aliphatic carbocycles. The lowest BCUT2D eigenvalue weighted by molar-refractivity contribution is 0.0951. The van der Waals surface area contributed by atoms with E-state index in [9.17, 15) is 4.79 Å². The van der Waals surface area contributed by atoms with Gasteiger partial charge in [-0.1, -0.05) is 28.9 Å². The number of hydrogen-bond donors (Lipinski definition) is 2. The minimum atomic E-state index is -0.198. The summed E-state index contributed by atoms with van der Waals surface area (Å²) >= 11 is 3.39. The highest BCUT2D eigenvalue weighted by atomic mass is 79.9. The van der Waals surface area contributed by atoms with Gasteiger partial charge in [-0.05, 0) is 36.9 Å². The molecule has 0 aliphatic rings. The van der Waals surface area contributed by atoms with Crippen LogP contribution >= 0.6 is 40.7 Å². The van der Waals surface area contributed by atoms with Crippen LogP contribution in [0.5, 0.6) is 11.6 Å². The normalized spacial score (nSPS) is 9.42. The van der Waals surface area contributed by atoms with E-state index >= 15 is 0 Å². The van der Waals surface area contributed by atoms with Crippen molar-refractivity contribution in [1.29, 1.82) is 0 Å². The summed E-state index contributed by atoms with van der Waals surface area (Å²) < 4.78 is 6.62. The first-order valence-corrected chi connectivity index (χ1v) is 7.87. The number of aromatic nitrogens is 1. The summed E-state index contributed by atoms with van der Waals surface area (Å²) in [5.41, 5.74) is 0.416. The molecular weight excluding hydrogens is 417 g/mol. The Kier molecular flexibility index (Phi) is 11.4. The summed E-state index contributed by atoms with van der Waals surface area (Å²) in [5.74, 6) is 0.715. The molecule has 2 aromatic rings. The van der Waals surface area contributed by atoms with Gasteiger partial charge in [-0.2, -0.15) is 0 Å². The van der Waals surface area contributed by atoms with Crippen LogP contribution < -0.4 is 15.4 Å². The first-order valence-electron chi connectivity index (χ1n) is 7.08. The molecule has 0 saturated heterocycles. The Balaban J connectivity index is 0.00000264. The maximum absolute atomic E-state index is 12.2. The van der Waals surface area contributed by atoms with Gasteiger partial charge in [0, 0.05) is 23.8 Å². The molecule has 0 unspecified atom stereocenters. The maximum atomic E-state index is 12.2. The number of pyridine rings is 1. The number of halogens is 3. The molecule has 1 amide bonds. The average molecular weight is 437 g/mol. The zero-order valence-corrected chi connectivity index (χ0v) is 16.3. The van der Waals surface area contributed by atoms with Crippen molar-refractivity contribution < 1.29 is 9.53 Å². The molecule has 0 bridgehead atoms. The summed E-state index contributed by atoms with van der Waals surface area (Å²) in [4.78, 5) is 16.4. The molecule has 1 aromatic carbocycles. The second-order valence-corrected chi connectivity index (χ2v) is 5.44. The molecule has 0 radical (unpaired) electrons. The number of carbonyl (C=O) groups is 1. The average Bonchev–Trinajstić information content (AvgIpc) is 2.52. The van der Waals surface area contributed by atoms with Crippen molar-refractivity contribution in [3.8, 4) is 11.6 Å². The van der Waals surface area contributed by atoms with Crippen molar-refractivity contribution >= 4 is 46.7 Å². The van der Waals surface area contributed by atoms with Crippen molar-refractivity contribution in [2.75, 3.05) is 19.6 Å². The molecule has 8 heteroatoms. The highest BCUT2D eigenvalue weighted by molar-refractivity contribution is 9.10. The van der Waals surface area contributed by atoms with E-state index in [1.54, 1.807) is 18.3 Å². The van der Waals surface area contributed by atoms with Crippen LogP contribution in [0.25, 0.3) is 0 Å². The lowest BCUT2D eigenvalue weighted by atomic mass is 10.2. The SMILES string of the molecule is CCNCCNC(=O)c1cccnc1Oc1cccc(Br)c1.Cl.Cl. The van der Waals surface area contributed by atoms with E-state index in [-0.39, 0.29) is 30.7 Å². The summed E-state index contributed by atoms with van der Waals surface area (Å²) in [6.07, 6.45) is 1.60. The first-order chi connectivity index (χ1) is 10.7. The molecule has 2 rings (SSSR count). The quantitative estimate of drug-likeness (QED) is 0.647. The third-order valence-electron chi connectivity index (χ3n) is 2.86. The number of likely N-dealkylation sites (N-methyl/N-ethyl adjacent to an activating group) is 1.